The van der Waals surface area contributed by atoms with E-state index in [4.69, 9.17) is 10.5 Å². The van der Waals surface area contributed by atoms with Crippen molar-refractivity contribution < 1.29 is 23.9 Å². The molecular formula is C27H42N4O5. The maximum absolute atomic E-state index is 14.0. The van der Waals surface area contributed by atoms with Gasteiger partial charge in [-0.1, -0.05) is 29.3 Å². The van der Waals surface area contributed by atoms with E-state index < -0.39 is 47.6 Å². The third-order valence-corrected chi connectivity index (χ3v) is 5.70. The normalized spacial score (nSPS) is 15.8. The molecule has 1 saturated carbocycles. The van der Waals surface area contributed by atoms with Gasteiger partial charge in [-0.2, -0.15) is 0 Å². The lowest BCUT2D eigenvalue weighted by atomic mass is 9.87. The molecule has 0 saturated heterocycles. The number of aryl methyl sites for hydroxylation is 2. The molecule has 1 aliphatic carbocycles. The van der Waals surface area contributed by atoms with Gasteiger partial charge in [-0.05, 0) is 80.2 Å². The Bertz CT molecular complexity index is 969. The molecular weight excluding hydrogens is 460 g/mol. The van der Waals surface area contributed by atoms with Gasteiger partial charge in [0.15, 0.2) is 0 Å². The van der Waals surface area contributed by atoms with Gasteiger partial charge in [0.2, 0.25) is 17.7 Å². The van der Waals surface area contributed by atoms with Gasteiger partial charge in [0.25, 0.3) is 0 Å². The number of benzene rings is 1. The molecule has 36 heavy (non-hydrogen) atoms. The van der Waals surface area contributed by atoms with Crippen molar-refractivity contribution in [3.63, 3.8) is 0 Å². The van der Waals surface area contributed by atoms with Gasteiger partial charge >= 0.3 is 6.09 Å². The van der Waals surface area contributed by atoms with Crippen LogP contribution in [-0.2, 0) is 19.1 Å². The third kappa shape index (κ3) is 8.53. The quantitative estimate of drug-likeness (QED) is 0.501. The van der Waals surface area contributed by atoms with Gasteiger partial charge in [-0.15, -0.1) is 0 Å². The van der Waals surface area contributed by atoms with Crippen LogP contribution in [0.2, 0.25) is 0 Å². The lowest BCUT2D eigenvalue weighted by Gasteiger charge is -2.44. The SMILES string of the molecule is Cc1cc(C)cc(C(C(=O)NC(C)(C)C)N(C(=O)C(CC(N)=O)NC(=O)OC(C)(C)C)C2CCC2)c1. The number of nitrogens with zero attached hydrogens (tertiary/aromatic N) is 1. The lowest BCUT2D eigenvalue weighted by Crippen LogP contribution is -2.59. The molecule has 0 heterocycles. The average Bonchev–Trinajstić information content (AvgIpc) is 2.60. The Hall–Kier alpha value is -3.10. The van der Waals surface area contributed by atoms with Gasteiger partial charge in [0.05, 0.1) is 6.42 Å². The van der Waals surface area contributed by atoms with Gasteiger partial charge in [0, 0.05) is 11.6 Å². The first kappa shape index (κ1) is 29.1. The molecule has 1 fully saturated rings. The largest absolute Gasteiger partial charge is 0.444 e. The summed E-state index contributed by atoms with van der Waals surface area (Å²) in [6.45, 7) is 14.6. The summed E-state index contributed by atoms with van der Waals surface area (Å²) in [6, 6.07) is 3.35. The van der Waals surface area contributed by atoms with Crippen molar-refractivity contribution in [1.29, 1.82) is 0 Å². The van der Waals surface area contributed by atoms with Gasteiger partial charge in [-0.3, -0.25) is 14.4 Å². The van der Waals surface area contributed by atoms with Crippen LogP contribution in [0.1, 0.15) is 90.0 Å². The predicted molar refractivity (Wildman–Crippen MR) is 138 cm³/mol. The molecule has 4 amide bonds. The Kier molecular flexibility index (Phi) is 9.15. The molecule has 1 aromatic carbocycles. The minimum absolute atomic E-state index is 0.218. The molecule has 2 rings (SSSR count). The molecule has 0 radical (unpaired) electrons. The smallest absolute Gasteiger partial charge is 0.408 e. The van der Waals surface area contributed by atoms with Gasteiger partial charge < -0.3 is 26.0 Å². The summed E-state index contributed by atoms with van der Waals surface area (Å²) in [6.07, 6.45) is 1.09. The zero-order chi connectivity index (χ0) is 27.4. The Morgan fingerprint density at radius 3 is 2.00 bits per heavy atom. The molecule has 1 aromatic rings. The summed E-state index contributed by atoms with van der Waals surface area (Å²) in [4.78, 5) is 53.7. The van der Waals surface area contributed by atoms with E-state index in [1.165, 1.54) is 4.90 Å². The fraction of sp³-hybridized carbons (Fsp3) is 0.630. The van der Waals surface area contributed by atoms with E-state index in [0.29, 0.717) is 18.4 Å². The summed E-state index contributed by atoms with van der Waals surface area (Å²) >= 11 is 0. The highest BCUT2D eigenvalue weighted by Crippen LogP contribution is 2.35. The van der Waals surface area contributed by atoms with Crippen molar-refractivity contribution in [1.82, 2.24) is 15.5 Å². The Morgan fingerprint density at radius 1 is 1.03 bits per heavy atom. The first-order valence-corrected chi connectivity index (χ1v) is 12.5. The van der Waals surface area contributed by atoms with Crippen molar-refractivity contribution in [2.24, 2.45) is 5.73 Å². The van der Waals surface area contributed by atoms with Gasteiger partial charge in [0.1, 0.15) is 17.7 Å². The molecule has 0 aromatic heterocycles. The Labute approximate surface area is 214 Å². The number of alkyl carbamates (subject to hydrolysis) is 1. The van der Waals surface area contributed by atoms with Crippen LogP contribution in [0.25, 0.3) is 0 Å². The number of nitrogens with two attached hydrogens (primary N) is 1. The number of nitrogens with one attached hydrogen (secondary N) is 2. The second-order valence-corrected chi connectivity index (χ2v) is 11.8. The second-order valence-electron chi connectivity index (χ2n) is 11.8. The van der Waals surface area contributed by atoms with Crippen LogP contribution in [0.5, 0.6) is 0 Å². The predicted octanol–water partition coefficient (Wildman–Crippen LogP) is 3.41. The molecule has 9 nitrogen and oxygen atoms in total. The number of hydrogen-bond donors (Lipinski definition) is 3. The maximum atomic E-state index is 14.0. The van der Waals surface area contributed by atoms with E-state index in [-0.39, 0.29) is 11.9 Å². The number of carbonyl (C=O) groups excluding carboxylic acids is 4. The Balaban J connectivity index is 2.56. The fourth-order valence-electron chi connectivity index (χ4n) is 4.26. The summed E-state index contributed by atoms with van der Waals surface area (Å²) in [5.74, 6) is -1.62. The zero-order valence-electron chi connectivity index (χ0n) is 22.9. The van der Waals surface area contributed by atoms with E-state index >= 15 is 0 Å². The topological polar surface area (TPSA) is 131 Å². The number of ether oxygens (including phenoxy) is 1. The van der Waals surface area contributed by atoms with Crippen LogP contribution < -0.4 is 16.4 Å². The lowest BCUT2D eigenvalue weighted by molar-refractivity contribution is -0.148. The van der Waals surface area contributed by atoms with Crippen LogP contribution in [0.3, 0.4) is 0 Å². The van der Waals surface area contributed by atoms with Crippen LogP contribution in [0, 0.1) is 13.8 Å². The monoisotopic (exact) mass is 502 g/mol. The maximum Gasteiger partial charge on any atom is 0.408 e. The molecule has 0 aliphatic heterocycles. The highest BCUT2D eigenvalue weighted by molar-refractivity contribution is 5.95. The molecule has 200 valence electrons. The summed E-state index contributed by atoms with van der Waals surface area (Å²) < 4.78 is 5.32. The molecule has 2 unspecified atom stereocenters. The molecule has 1 aliphatic rings. The summed E-state index contributed by atoms with van der Waals surface area (Å²) in [5, 5.41) is 5.53. The molecule has 9 heteroatoms. The molecule has 2 atom stereocenters. The highest BCUT2D eigenvalue weighted by atomic mass is 16.6. The standard InChI is InChI=1S/C27H42N4O5/c1-16-12-17(2)14-18(13-16)22(23(33)30-26(3,4)5)31(19-10-9-11-19)24(34)20(15-21(28)32)29-25(35)36-27(6,7)8/h12-14,19-20,22H,9-11,15H2,1-8H3,(H2,28,32)(H,29,35)(H,30,33). The number of carbonyl (C=O) groups is 4. The zero-order valence-corrected chi connectivity index (χ0v) is 22.9. The van der Waals surface area contributed by atoms with Gasteiger partial charge in [-0.25, -0.2) is 4.79 Å². The van der Waals surface area contributed by atoms with Crippen molar-refractivity contribution in [2.45, 2.75) is 110 Å². The number of hydrogen-bond acceptors (Lipinski definition) is 5. The van der Waals surface area contributed by atoms with Crippen molar-refractivity contribution >= 4 is 23.8 Å². The molecule has 0 spiro atoms. The number of amides is 4. The first-order valence-electron chi connectivity index (χ1n) is 12.5. The van der Waals surface area contributed by atoms with E-state index in [9.17, 15) is 19.2 Å². The van der Waals surface area contributed by atoms with E-state index in [1.807, 2.05) is 52.8 Å². The summed E-state index contributed by atoms with van der Waals surface area (Å²) in [5.41, 5.74) is 6.70. The molecule has 0 bridgehead atoms. The third-order valence-electron chi connectivity index (χ3n) is 5.70. The van der Waals surface area contributed by atoms with Crippen LogP contribution in [-0.4, -0.2) is 51.9 Å². The van der Waals surface area contributed by atoms with Crippen molar-refractivity contribution in [3.8, 4) is 0 Å². The fourth-order valence-corrected chi connectivity index (χ4v) is 4.26. The summed E-state index contributed by atoms with van der Waals surface area (Å²) in [7, 11) is 0. The van der Waals surface area contributed by atoms with E-state index in [1.54, 1.807) is 20.8 Å². The van der Waals surface area contributed by atoms with Crippen molar-refractivity contribution in [3.05, 3.63) is 34.9 Å². The van der Waals surface area contributed by atoms with Crippen LogP contribution in [0.15, 0.2) is 18.2 Å². The van der Waals surface area contributed by atoms with Crippen molar-refractivity contribution in [2.75, 3.05) is 0 Å². The second kappa shape index (κ2) is 11.3. The first-order chi connectivity index (χ1) is 16.5. The van der Waals surface area contributed by atoms with Crippen LogP contribution >= 0.6 is 0 Å². The van der Waals surface area contributed by atoms with Crippen LogP contribution in [0.4, 0.5) is 4.79 Å². The number of primary amides is 1. The van der Waals surface area contributed by atoms with E-state index in [0.717, 1.165) is 17.5 Å². The average molecular weight is 503 g/mol. The minimum Gasteiger partial charge on any atom is -0.444 e. The van der Waals surface area contributed by atoms with E-state index in [2.05, 4.69) is 10.6 Å². The highest BCUT2D eigenvalue weighted by Gasteiger charge is 2.43. The minimum atomic E-state index is -1.27. The molecule has 4 N–H and O–H groups in total. The Morgan fingerprint density at radius 2 is 1.58 bits per heavy atom. The number of rotatable bonds is 8.